The maximum Gasteiger partial charge on any atom is 0.319 e. The van der Waals surface area contributed by atoms with Crippen molar-refractivity contribution in [3.05, 3.63) is 0 Å². The number of alkyl halides is 1. The normalized spacial score (nSPS) is 14.1. The molecule has 0 saturated carbocycles. The van der Waals surface area contributed by atoms with Gasteiger partial charge in [0.15, 0.2) is 0 Å². The van der Waals surface area contributed by atoms with Crippen LogP contribution in [0, 0.1) is 11.8 Å². The first-order chi connectivity index (χ1) is 8.45. The molecule has 0 bridgehead atoms. The summed E-state index contributed by atoms with van der Waals surface area (Å²) < 4.78 is 9.74. The van der Waals surface area contributed by atoms with Crippen molar-refractivity contribution in [3.8, 4) is 0 Å². The molecule has 4 nitrogen and oxygen atoms in total. The molecular formula is C13H23IO4. The predicted octanol–water partition coefficient (Wildman–Crippen LogP) is 2.97. The minimum absolute atomic E-state index is 0.0467. The van der Waals surface area contributed by atoms with E-state index in [9.17, 15) is 9.59 Å². The van der Waals surface area contributed by atoms with E-state index >= 15 is 0 Å². The number of hydrogen-bond acceptors (Lipinski definition) is 4. The second-order valence-electron chi connectivity index (χ2n) is 4.51. The highest BCUT2D eigenvalue weighted by atomic mass is 127. The van der Waals surface area contributed by atoms with Gasteiger partial charge in [0, 0.05) is 0 Å². The Kier molecular flexibility index (Phi) is 9.40. The Balaban J connectivity index is 4.57. The number of halogens is 1. The fourth-order valence-corrected chi connectivity index (χ4v) is 2.76. The second-order valence-corrected chi connectivity index (χ2v) is 5.85. The van der Waals surface area contributed by atoms with Crippen molar-refractivity contribution in [3.63, 3.8) is 0 Å². The van der Waals surface area contributed by atoms with Crippen LogP contribution >= 0.6 is 22.6 Å². The minimum Gasteiger partial charge on any atom is -0.465 e. The first-order valence-electron chi connectivity index (χ1n) is 6.42. The van der Waals surface area contributed by atoms with Crippen LogP contribution in [0.2, 0.25) is 0 Å². The summed E-state index contributed by atoms with van der Waals surface area (Å²) in [4.78, 5) is 23.7. The van der Waals surface area contributed by atoms with Gasteiger partial charge < -0.3 is 9.47 Å². The molecule has 0 heterocycles. The van der Waals surface area contributed by atoms with Gasteiger partial charge in [0.25, 0.3) is 0 Å². The summed E-state index contributed by atoms with van der Waals surface area (Å²) in [6.07, 6.45) is 1.56. The van der Waals surface area contributed by atoms with Crippen LogP contribution in [-0.4, -0.2) is 29.1 Å². The Morgan fingerprint density at radius 1 is 1.00 bits per heavy atom. The van der Waals surface area contributed by atoms with Gasteiger partial charge in [-0.25, -0.2) is 0 Å². The van der Waals surface area contributed by atoms with Gasteiger partial charge in [0.1, 0.15) is 3.92 Å². The summed E-state index contributed by atoms with van der Waals surface area (Å²) in [6, 6.07) is 0. The van der Waals surface area contributed by atoms with Crippen molar-refractivity contribution >= 4 is 34.5 Å². The van der Waals surface area contributed by atoms with Gasteiger partial charge in [-0.3, -0.25) is 9.59 Å². The second kappa shape index (κ2) is 9.58. The van der Waals surface area contributed by atoms with Gasteiger partial charge >= 0.3 is 11.9 Å². The van der Waals surface area contributed by atoms with E-state index in [1.54, 1.807) is 0 Å². The van der Waals surface area contributed by atoms with Gasteiger partial charge in [-0.1, -0.05) is 50.3 Å². The quantitative estimate of drug-likeness (QED) is 0.375. The number of rotatable bonds is 8. The predicted molar refractivity (Wildman–Crippen MR) is 78.6 cm³/mol. The lowest BCUT2D eigenvalue weighted by Gasteiger charge is -2.23. The molecule has 0 aliphatic rings. The van der Waals surface area contributed by atoms with Crippen molar-refractivity contribution in [2.24, 2.45) is 11.8 Å². The Labute approximate surface area is 123 Å². The summed E-state index contributed by atoms with van der Waals surface area (Å²) in [5.41, 5.74) is 0. The van der Waals surface area contributed by atoms with Crippen molar-refractivity contribution in [2.75, 3.05) is 13.2 Å². The van der Waals surface area contributed by atoms with Crippen molar-refractivity contribution < 1.29 is 19.1 Å². The van der Waals surface area contributed by atoms with E-state index in [1.807, 2.05) is 50.3 Å². The molecule has 18 heavy (non-hydrogen) atoms. The summed E-state index contributed by atoms with van der Waals surface area (Å²) in [7, 11) is 0. The molecule has 0 rings (SSSR count). The SMILES string of the molecule is CCCOC(=O)C(I)C(C(=O)OCCC)C(C)C. The first-order valence-corrected chi connectivity index (χ1v) is 7.67. The summed E-state index contributed by atoms with van der Waals surface area (Å²) in [6.45, 7) is 8.50. The fourth-order valence-electron chi connectivity index (χ4n) is 1.46. The maximum absolute atomic E-state index is 11.9. The summed E-state index contributed by atoms with van der Waals surface area (Å²) in [5, 5.41) is 0. The van der Waals surface area contributed by atoms with E-state index in [4.69, 9.17) is 9.47 Å². The molecule has 0 aromatic heterocycles. The Morgan fingerprint density at radius 3 is 1.83 bits per heavy atom. The standard InChI is InChI=1S/C13H23IO4/c1-5-7-17-12(15)10(9(3)4)11(14)13(16)18-8-6-2/h9-11H,5-8H2,1-4H3. The average molecular weight is 370 g/mol. The minimum atomic E-state index is -0.487. The molecule has 0 aromatic carbocycles. The van der Waals surface area contributed by atoms with Crippen LogP contribution < -0.4 is 0 Å². The van der Waals surface area contributed by atoms with Crippen LogP contribution in [0.1, 0.15) is 40.5 Å². The lowest BCUT2D eigenvalue weighted by Crippen LogP contribution is -2.36. The highest BCUT2D eigenvalue weighted by Gasteiger charge is 2.36. The van der Waals surface area contributed by atoms with E-state index in [-0.39, 0.29) is 17.9 Å². The van der Waals surface area contributed by atoms with Crippen molar-refractivity contribution in [1.29, 1.82) is 0 Å². The van der Waals surface area contributed by atoms with Crippen LogP contribution in [0.25, 0.3) is 0 Å². The van der Waals surface area contributed by atoms with Crippen molar-refractivity contribution in [1.82, 2.24) is 0 Å². The van der Waals surface area contributed by atoms with E-state index in [0.717, 1.165) is 12.8 Å². The monoisotopic (exact) mass is 370 g/mol. The zero-order valence-electron chi connectivity index (χ0n) is 11.6. The topological polar surface area (TPSA) is 52.6 Å². The Bertz CT molecular complexity index is 266. The van der Waals surface area contributed by atoms with Crippen molar-refractivity contribution in [2.45, 2.75) is 44.5 Å². The van der Waals surface area contributed by atoms with Gasteiger partial charge in [0.05, 0.1) is 19.1 Å². The molecule has 0 amide bonds. The molecule has 5 heteroatoms. The number of carbonyl (C=O) groups excluding carboxylic acids is 2. The van der Waals surface area contributed by atoms with Crippen LogP contribution in [-0.2, 0) is 19.1 Å². The number of esters is 2. The fraction of sp³-hybridized carbons (Fsp3) is 0.846. The third kappa shape index (κ3) is 6.02. The lowest BCUT2D eigenvalue weighted by atomic mass is 9.92. The molecule has 0 aliphatic heterocycles. The summed E-state index contributed by atoms with van der Waals surface area (Å²) in [5.74, 6) is -1.03. The highest BCUT2D eigenvalue weighted by Crippen LogP contribution is 2.25. The zero-order chi connectivity index (χ0) is 14.1. The van der Waals surface area contributed by atoms with E-state index < -0.39 is 9.84 Å². The Hall–Kier alpha value is -0.330. The molecule has 0 saturated heterocycles. The molecule has 0 aliphatic carbocycles. The molecule has 106 valence electrons. The van der Waals surface area contributed by atoms with Gasteiger partial charge in [-0.05, 0) is 18.8 Å². The van der Waals surface area contributed by atoms with Crippen LogP contribution in [0.5, 0.6) is 0 Å². The van der Waals surface area contributed by atoms with Gasteiger partial charge in [-0.2, -0.15) is 0 Å². The van der Waals surface area contributed by atoms with E-state index in [2.05, 4.69) is 0 Å². The average Bonchev–Trinajstić information content (AvgIpc) is 2.32. The third-order valence-electron chi connectivity index (χ3n) is 2.43. The summed E-state index contributed by atoms with van der Waals surface area (Å²) >= 11 is 1.98. The Morgan fingerprint density at radius 2 is 1.44 bits per heavy atom. The molecule has 2 unspecified atom stereocenters. The smallest absolute Gasteiger partial charge is 0.319 e. The largest absolute Gasteiger partial charge is 0.465 e. The van der Waals surface area contributed by atoms with Gasteiger partial charge in [-0.15, -0.1) is 0 Å². The number of hydrogen-bond donors (Lipinski definition) is 0. The number of ether oxygens (including phenoxy) is 2. The molecule has 0 N–H and O–H groups in total. The number of carbonyl (C=O) groups is 2. The molecule has 0 aromatic rings. The lowest BCUT2D eigenvalue weighted by molar-refractivity contribution is -0.155. The maximum atomic E-state index is 11.9. The molecular weight excluding hydrogens is 347 g/mol. The first kappa shape index (κ1) is 17.7. The molecule has 0 spiro atoms. The molecule has 0 radical (unpaired) electrons. The molecule has 2 atom stereocenters. The third-order valence-corrected chi connectivity index (χ3v) is 3.71. The van der Waals surface area contributed by atoms with Crippen LogP contribution in [0.15, 0.2) is 0 Å². The molecule has 0 fully saturated rings. The van der Waals surface area contributed by atoms with Gasteiger partial charge in [0.2, 0.25) is 0 Å². The highest BCUT2D eigenvalue weighted by molar-refractivity contribution is 14.1. The van der Waals surface area contributed by atoms with Crippen LogP contribution in [0.3, 0.4) is 0 Å². The van der Waals surface area contributed by atoms with E-state index in [1.165, 1.54) is 0 Å². The van der Waals surface area contributed by atoms with Crippen LogP contribution in [0.4, 0.5) is 0 Å². The zero-order valence-corrected chi connectivity index (χ0v) is 13.7. The van der Waals surface area contributed by atoms with E-state index in [0.29, 0.717) is 13.2 Å².